The van der Waals surface area contributed by atoms with Crippen LogP contribution in [0.15, 0.2) is 48.5 Å². The molecule has 0 spiro atoms. The third-order valence-corrected chi connectivity index (χ3v) is 3.85. The summed E-state index contributed by atoms with van der Waals surface area (Å²) in [4.78, 5) is 15.0. The molecule has 0 saturated heterocycles. The molecule has 98 valence electrons. The van der Waals surface area contributed by atoms with Gasteiger partial charge in [0, 0.05) is 6.07 Å². The number of nitro benzene ring substituents is 1. The van der Waals surface area contributed by atoms with Crippen LogP contribution in [0.25, 0.3) is 22.4 Å². The zero-order valence-electron chi connectivity index (χ0n) is 10.4. The van der Waals surface area contributed by atoms with E-state index < -0.39 is 0 Å². The number of hydrogen-bond donors (Lipinski definition) is 0. The summed E-state index contributed by atoms with van der Waals surface area (Å²) in [6.45, 7) is 0. The Bertz CT molecular complexity index is 775. The number of aromatic nitrogens is 1. The number of rotatable bonds is 3. The molecule has 0 N–H and O–H groups in total. The van der Waals surface area contributed by atoms with E-state index in [9.17, 15) is 10.1 Å². The SMILES string of the molecule is O=[N+]([O-])c1ccccc1C=Cc1nc2ccccc2s1. The van der Waals surface area contributed by atoms with Crippen molar-refractivity contribution in [2.45, 2.75) is 0 Å². The highest BCUT2D eigenvalue weighted by Gasteiger charge is 2.09. The zero-order chi connectivity index (χ0) is 13.9. The van der Waals surface area contributed by atoms with E-state index in [4.69, 9.17) is 0 Å². The molecule has 20 heavy (non-hydrogen) atoms. The number of nitro groups is 1. The largest absolute Gasteiger partial charge is 0.276 e. The number of nitrogens with zero attached hydrogens (tertiary/aromatic N) is 2. The summed E-state index contributed by atoms with van der Waals surface area (Å²) >= 11 is 1.56. The molecule has 3 rings (SSSR count). The molecular weight excluding hydrogens is 272 g/mol. The van der Waals surface area contributed by atoms with Gasteiger partial charge in [0.05, 0.1) is 20.7 Å². The van der Waals surface area contributed by atoms with E-state index in [1.165, 1.54) is 6.07 Å². The minimum absolute atomic E-state index is 0.102. The minimum Gasteiger partial charge on any atom is -0.258 e. The molecule has 0 unspecified atom stereocenters. The van der Waals surface area contributed by atoms with Crippen molar-refractivity contribution in [1.82, 2.24) is 4.98 Å². The maximum absolute atomic E-state index is 10.9. The molecule has 0 aliphatic heterocycles. The van der Waals surface area contributed by atoms with Crippen molar-refractivity contribution in [2.24, 2.45) is 0 Å². The second kappa shape index (κ2) is 5.22. The molecule has 0 amide bonds. The fraction of sp³-hybridized carbons (Fsp3) is 0. The van der Waals surface area contributed by atoms with E-state index in [2.05, 4.69) is 4.98 Å². The van der Waals surface area contributed by atoms with Crippen LogP contribution >= 0.6 is 11.3 Å². The van der Waals surface area contributed by atoms with Gasteiger partial charge in [0.25, 0.3) is 5.69 Å². The monoisotopic (exact) mass is 282 g/mol. The molecule has 0 radical (unpaired) electrons. The Hall–Kier alpha value is -2.53. The third-order valence-electron chi connectivity index (χ3n) is 2.85. The van der Waals surface area contributed by atoms with Gasteiger partial charge < -0.3 is 0 Å². The molecule has 0 aliphatic rings. The van der Waals surface area contributed by atoms with Crippen LogP contribution in [-0.4, -0.2) is 9.91 Å². The van der Waals surface area contributed by atoms with Gasteiger partial charge in [-0.1, -0.05) is 24.3 Å². The van der Waals surface area contributed by atoms with Crippen LogP contribution in [-0.2, 0) is 0 Å². The Balaban J connectivity index is 1.96. The van der Waals surface area contributed by atoms with Crippen molar-refractivity contribution < 1.29 is 4.92 Å². The molecule has 0 saturated carbocycles. The first kappa shape index (κ1) is 12.5. The Kier molecular flexibility index (Phi) is 3.26. The van der Waals surface area contributed by atoms with E-state index in [-0.39, 0.29) is 10.6 Å². The topological polar surface area (TPSA) is 56.0 Å². The number of thiazole rings is 1. The molecule has 0 atom stereocenters. The van der Waals surface area contributed by atoms with Crippen LogP contribution in [0.4, 0.5) is 5.69 Å². The lowest BCUT2D eigenvalue weighted by Gasteiger charge is -1.95. The fourth-order valence-electron chi connectivity index (χ4n) is 1.92. The van der Waals surface area contributed by atoms with Gasteiger partial charge >= 0.3 is 0 Å². The summed E-state index contributed by atoms with van der Waals surface area (Å²) in [5.41, 5.74) is 1.63. The molecule has 3 aromatic rings. The number of hydrogen-bond acceptors (Lipinski definition) is 4. The maximum atomic E-state index is 10.9. The fourth-order valence-corrected chi connectivity index (χ4v) is 2.79. The van der Waals surface area contributed by atoms with Crippen LogP contribution in [0.5, 0.6) is 0 Å². The van der Waals surface area contributed by atoms with E-state index in [0.29, 0.717) is 5.56 Å². The highest BCUT2D eigenvalue weighted by molar-refractivity contribution is 7.19. The van der Waals surface area contributed by atoms with Crippen molar-refractivity contribution in [1.29, 1.82) is 0 Å². The van der Waals surface area contributed by atoms with Crippen molar-refractivity contribution in [3.8, 4) is 0 Å². The van der Waals surface area contributed by atoms with Gasteiger partial charge in [0.2, 0.25) is 0 Å². The van der Waals surface area contributed by atoms with Crippen LogP contribution in [0.3, 0.4) is 0 Å². The van der Waals surface area contributed by atoms with Gasteiger partial charge in [-0.05, 0) is 30.4 Å². The Morgan fingerprint density at radius 1 is 1.05 bits per heavy atom. The van der Waals surface area contributed by atoms with Crippen molar-refractivity contribution in [3.63, 3.8) is 0 Å². The Morgan fingerprint density at radius 2 is 1.80 bits per heavy atom. The van der Waals surface area contributed by atoms with Gasteiger partial charge in [-0.25, -0.2) is 4.98 Å². The smallest absolute Gasteiger partial charge is 0.258 e. The zero-order valence-corrected chi connectivity index (χ0v) is 11.2. The van der Waals surface area contributed by atoms with Crippen LogP contribution in [0.2, 0.25) is 0 Å². The van der Waals surface area contributed by atoms with Crippen molar-refractivity contribution in [2.75, 3.05) is 0 Å². The number of para-hydroxylation sites is 2. The molecule has 1 aromatic heterocycles. The molecule has 5 heteroatoms. The normalized spacial score (nSPS) is 11.2. The first-order valence-electron chi connectivity index (χ1n) is 6.01. The molecule has 0 bridgehead atoms. The molecule has 2 aromatic carbocycles. The van der Waals surface area contributed by atoms with Gasteiger partial charge in [-0.3, -0.25) is 10.1 Å². The lowest BCUT2D eigenvalue weighted by molar-refractivity contribution is -0.385. The van der Waals surface area contributed by atoms with Gasteiger partial charge in [0.1, 0.15) is 5.01 Å². The standard InChI is InChI=1S/C15H10N2O2S/c18-17(19)13-7-3-1-5-11(13)9-10-15-16-12-6-2-4-8-14(12)20-15/h1-10H. The summed E-state index contributed by atoms with van der Waals surface area (Å²) in [5.74, 6) is 0. The third kappa shape index (κ3) is 2.44. The van der Waals surface area contributed by atoms with Crippen molar-refractivity contribution >= 4 is 39.4 Å². The predicted octanol–water partition coefficient (Wildman–Crippen LogP) is 4.37. The van der Waals surface area contributed by atoms with E-state index in [1.807, 2.05) is 30.3 Å². The summed E-state index contributed by atoms with van der Waals surface area (Å²) in [5, 5.41) is 11.8. The molecule has 0 aliphatic carbocycles. The van der Waals surface area contributed by atoms with Gasteiger partial charge in [-0.2, -0.15) is 0 Å². The highest BCUT2D eigenvalue weighted by atomic mass is 32.1. The van der Waals surface area contributed by atoms with Crippen LogP contribution < -0.4 is 0 Å². The van der Waals surface area contributed by atoms with Crippen molar-refractivity contribution in [3.05, 3.63) is 69.2 Å². The minimum atomic E-state index is -0.377. The highest BCUT2D eigenvalue weighted by Crippen LogP contribution is 2.25. The first-order chi connectivity index (χ1) is 9.74. The Morgan fingerprint density at radius 3 is 2.60 bits per heavy atom. The maximum Gasteiger partial charge on any atom is 0.276 e. The van der Waals surface area contributed by atoms with Gasteiger partial charge in [-0.15, -0.1) is 11.3 Å². The second-order valence-corrected chi connectivity index (χ2v) is 5.23. The predicted molar refractivity (Wildman–Crippen MR) is 81.6 cm³/mol. The lowest BCUT2D eigenvalue weighted by Crippen LogP contribution is -1.90. The molecule has 4 nitrogen and oxygen atoms in total. The van der Waals surface area contributed by atoms with E-state index in [0.717, 1.165) is 15.2 Å². The summed E-state index contributed by atoms with van der Waals surface area (Å²) in [6.07, 6.45) is 3.54. The quantitative estimate of drug-likeness (QED) is 0.529. The average Bonchev–Trinajstić information content (AvgIpc) is 2.88. The second-order valence-electron chi connectivity index (χ2n) is 4.17. The summed E-state index contributed by atoms with van der Waals surface area (Å²) < 4.78 is 1.11. The van der Waals surface area contributed by atoms with E-state index >= 15 is 0 Å². The average molecular weight is 282 g/mol. The van der Waals surface area contributed by atoms with Crippen LogP contribution in [0, 0.1) is 10.1 Å². The summed E-state index contributed by atoms with van der Waals surface area (Å²) in [7, 11) is 0. The molecule has 1 heterocycles. The molecular formula is C15H10N2O2S. The summed E-state index contributed by atoms with van der Waals surface area (Å²) in [6, 6.07) is 14.5. The number of benzene rings is 2. The number of fused-ring (bicyclic) bond motifs is 1. The lowest BCUT2D eigenvalue weighted by atomic mass is 10.1. The Labute approximate surface area is 119 Å². The first-order valence-corrected chi connectivity index (χ1v) is 6.83. The van der Waals surface area contributed by atoms with E-state index in [1.54, 1.807) is 35.6 Å². The van der Waals surface area contributed by atoms with Crippen LogP contribution in [0.1, 0.15) is 10.6 Å². The van der Waals surface area contributed by atoms with Gasteiger partial charge in [0.15, 0.2) is 0 Å². The molecule has 0 fully saturated rings.